The quantitative estimate of drug-likeness (QED) is 0.0871. The predicted octanol–water partition coefficient (Wildman–Crippen LogP) is 8.99. The van der Waals surface area contributed by atoms with Gasteiger partial charge in [-0.1, -0.05) is 60.2 Å². The Morgan fingerprint density at radius 1 is 0.600 bits per heavy atom. The van der Waals surface area contributed by atoms with Crippen LogP contribution < -0.4 is 5.73 Å². The zero-order valence-electron chi connectivity index (χ0n) is 33.1. The normalized spacial score (nSPS) is 18.2. The molecule has 0 spiro atoms. The SMILES string of the molecule is CC1(C)C=C(C=O)C(C)(C)N1O.CC1(C)C=C(CCc2ccc(/C=C/c3ccc(O)cc3)nc2)C(C)(C)N1O.Nc1ccc(/C=C/c2ccc(O)cc2)nc1. The van der Waals surface area contributed by atoms with Crippen LogP contribution in [-0.4, -0.2) is 69.2 Å². The molecule has 290 valence electrons. The molecule has 0 aliphatic carbocycles. The van der Waals surface area contributed by atoms with E-state index in [0.717, 1.165) is 41.6 Å². The molecule has 0 saturated carbocycles. The van der Waals surface area contributed by atoms with Crippen molar-refractivity contribution in [3.63, 3.8) is 0 Å². The molecule has 0 amide bonds. The van der Waals surface area contributed by atoms with Gasteiger partial charge >= 0.3 is 0 Å². The molecule has 2 aliphatic rings. The van der Waals surface area contributed by atoms with E-state index in [-0.39, 0.29) is 22.6 Å². The molecule has 6 rings (SSSR count). The highest BCUT2D eigenvalue weighted by atomic mass is 16.5. The maximum absolute atomic E-state index is 10.7. The Morgan fingerprint density at radius 3 is 1.44 bits per heavy atom. The van der Waals surface area contributed by atoms with E-state index >= 15 is 0 Å². The highest BCUT2D eigenvalue weighted by Gasteiger charge is 2.45. The molecule has 0 atom stereocenters. The number of anilines is 1. The number of nitrogens with two attached hydrogens (primary N) is 1. The van der Waals surface area contributed by atoms with E-state index in [1.807, 2.05) is 115 Å². The molecule has 0 radical (unpaired) electrons. The molecule has 0 fully saturated rings. The molecule has 10 nitrogen and oxygen atoms in total. The van der Waals surface area contributed by atoms with Gasteiger partial charge in [0.1, 0.15) is 17.8 Å². The highest BCUT2D eigenvalue weighted by molar-refractivity contribution is 5.78. The Labute approximate surface area is 325 Å². The number of hydrogen-bond donors (Lipinski definition) is 5. The van der Waals surface area contributed by atoms with Crippen LogP contribution in [0.5, 0.6) is 11.5 Å². The molecule has 0 unspecified atom stereocenters. The number of aldehydes is 1. The minimum absolute atomic E-state index is 0.266. The van der Waals surface area contributed by atoms with Crippen LogP contribution in [0.3, 0.4) is 0 Å². The highest BCUT2D eigenvalue weighted by Crippen LogP contribution is 2.40. The van der Waals surface area contributed by atoms with Gasteiger partial charge in [-0.15, -0.1) is 0 Å². The van der Waals surface area contributed by atoms with Gasteiger partial charge in [0.2, 0.25) is 0 Å². The topological polar surface area (TPSA) is 156 Å². The van der Waals surface area contributed by atoms with Gasteiger partial charge < -0.3 is 26.4 Å². The first-order valence-corrected chi connectivity index (χ1v) is 18.2. The van der Waals surface area contributed by atoms with Gasteiger partial charge in [-0.05, 0) is 140 Å². The number of hydroxylamine groups is 4. The lowest BCUT2D eigenvalue weighted by Crippen LogP contribution is -2.47. The Morgan fingerprint density at radius 2 is 1.07 bits per heavy atom. The summed E-state index contributed by atoms with van der Waals surface area (Å²) in [6.07, 6.45) is 17.9. The van der Waals surface area contributed by atoms with Gasteiger partial charge in [0.15, 0.2) is 0 Å². The lowest BCUT2D eigenvalue weighted by atomic mass is 9.91. The first kappa shape index (κ1) is 42.4. The van der Waals surface area contributed by atoms with Crippen LogP contribution in [0.1, 0.15) is 89.9 Å². The summed E-state index contributed by atoms with van der Waals surface area (Å²) in [7, 11) is 0. The zero-order chi connectivity index (χ0) is 40.6. The minimum atomic E-state index is -0.564. The molecule has 4 aromatic rings. The smallest absolute Gasteiger partial charge is 0.147 e. The van der Waals surface area contributed by atoms with Crippen LogP contribution in [0.15, 0.2) is 108 Å². The summed E-state index contributed by atoms with van der Waals surface area (Å²) in [6.45, 7) is 15.5. The second-order valence-corrected chi connectivity index (χ2v) is 15.9. The number of nitrogens with zero attached hydrogens (tertiary/aromatic N) is 4. The zero-order valence-corrected chi connectivity index (χ0v) is 33.1. The number of aryl methyl sites for hydroxylation is 1. The van der Waals surface area contributed by atoms with Crippen molar-refractivity contribution >= 4 is 36.3 Å². The molecule has 2 aromatic heterocycles. The molecule has 4 heterocycles. The number of phenolic OH excluding ortho intramolecular Hbond substituents is 2. The third-order valence-electron chi connectivity index (χ3n) is 9.83. The summed E-state index contributed by atoms with van der Waals surface area (Å²) in [5.74, 6) is 0.533. The number of aromatic nitrogens is 2. The van der Waals surface area contributed by atoms with Gasteiger partial charge in [0.05, 0.1) is 45.4 Å². The average molecular weight is 746 g/mol. The van der Waals surface area contributed by atoms with E-state index < -0.39 is 11.1 Å². The van der Waals surface area contributed by atoms with Crippen LogP contribution in [-0.2, 0) is 11.2 Å². The van der Waals surface area contributed by atoms with Gasteiger partial charge in [0.25, 0.3) is 0 Å². The summed E-state index contributed by atoms with van der Waals surface area (Å²) in [6, 6.07) is 21.8. The van der Waals surface area contributed by atoms with E-state index in [4.69, 9.17) is 10.8 Å². The summed E-state index contributed by atoms with van der Waals surface area (Å²) in [5.41, 5.74) is 11.4. The third-order valence-corrected chi connectivity index (χ3v) is 9.83. The van der Waals surface area contributed by atoms with Crippen molar-refractivity contribution in [2.75, 3.05) is 5.73 Å². The molecule has 6 N–H and O–H groups in total. The maximum atomic E-state index is 10.7. The fraction of sp³-hybridized carbons (Fsp3) is 0.311. The number of aromatic hydroxyl groups is 2. The van der Waals surface area contributed by atoms with Gasteiger partial charge in [-0.2, -0.15) is 10.1 Å². The number of carbonyl (C=O) groups excluding carboxylic acids is 1. The Kier molecular flexibility index (Phi) is 13.4. The standard InChI is InChI=1S/C23H28N2O2.C13H12N2O.C9H15NO2/c1-22(2)15-19(23(3,4)25(22)27)10-5-18-7-12-20(24-16-18)11-6-17-8-13-21(26)14-9-17;14-11-4-6-12(15-9-11)5-1-10-2-7-13(16)8-3-10;1-8(2)5-7(6-11)9(3,4)10(8)12/h6-9,11-16,26-27H,5,10H2,1-4H3;1-9,16H,14H2;5-6,12H,1-4H3/b11-6+;5-1+;. The number of phenols is 2. The molecule has 0 bridgehead atoms. The fourth-order valence-corrected chi connectivity index (χ4v) is 6.55. The average Bonchev–Trinajstić information content (AvgIpc) is 3.42. The van der Waals surface area contributed by atoms with Crippen LogP contribution >= 0.6 is 0 Å². The van der Waals surface area contributed by atoms with Crippen LogP contribution in [0.2, 0.25) is 0 Å². The van der Waals surface area contributed by atoms with Crippen molar-refractivity contribution in [2.24, 2.45) is 0 Å². The van der Waals surface area contributed by atoms with Gasteiger partial charge in [-0.3, -0.25) is 14.8 Å². The van der Waals surface area contributed by atoms with E-state index in [9.17, 15) is 20.3 Å². The number of hydrogen-bond acceptors (Lipinski definition) is 10. The minimum Gasteiger partial charge on any atom is -0.508 e. The maximum Gasteiger partial charge on any atom is 0.147 e. The summed E-state index contributed by atoms with van der Waals surface area (Å²) in [5, 5.41) is 41.2. The van der Waals surface area contributed by atoms with E-state index in [2.05, 4.69) is 36.0 Å². The number of benzene rings is 2. The Balaban J connectivity index is 0.000000203. The van der Waals surface area contributed by atoms with E-state index in [1.165, 1.54) is 21.3 Å². The molecule has 2 aromatic carbocycles. The van der Waals surface area contributed by atoms with E-state index in [1.54, 1.807) is 36.5 Å². The van der Waals surface area contributed by atoms with Crippen molar-refractivity contribution in [3.05, 3.63) is 137 Å². The first-order valence-electron chi connectivity index (χ1n) is 18.2. The fourth-order valence-electron chi connectivity index (χ4n) is 6.55. The van der Waals surface area contributed by atoms with Crippen LogP contribution in [0, 0.1) is 0 Å². The lowest BCUT2D eigenvalue weighted by molar-refractivity contribution is -0.185. The molecular formula is C45H55N5O5. The largest absolute Gasteiger partial charge is 0.508 e. The Hall–Kier alpha value is -5.39. The van der Waals surface area contributed by atoms with Gasteiger partial charge in [-0.25, -0.2) is 0 Å². The van der Waals surface area contributed by atoms with Crippen molar-refractivity contribution < 1.29 is 25.4 Å². The molecule has 10 heteroatoms. The molecular weight excluding hydrogens is 691 g/mol. The number of rotatable bonds is 8. The molecule has 2 aliphatic heterocycles. The van der Waals surface area contributed by atoms with Crippen molar-refractivity contribution in [3.8, 4) is 11.5 Å². The second kappa shape index (κ2) is 17.4. The summed E-state index contributed by atoms with van der Waals surface area (Å²) in [4.78, 5) is 19.3. The van der Waals surface area contributed by atoms with Crippen molar-refractivity contribution in [2.45, 2.75) is 90.4 Å². The Bertz CT molecular complexity index is 1960. The number of carbonyl (C=O) groups is 1. The van der Waals surface area contributed by atoms with Crippen molar-refractivity contribution in [1.82, 2.24) is 20.1 Å². The second-order valence-electron chi connectivity index (χ2n) is 15.9. The third kappa shape index (κ3) is 11.1. The van der Waals surface area contributed by atoms with Crippen LogP contribution in [0.4, 0.5) is 5.69 Å². The first-order chi connectivity index (χ1) is 25.7. The van der Waals surface area contributed by atoms with Crippen molar-refractivity contribution in [1.29, 1.82) is 0 Å². The lowest BCUT2D eigenvalue weighted by Gasteiger charge is -2.36. The van der Waals surface area contributed by atoms with E-state index in [0.29, 0.717) is 11.3 Å². The number of nitrogen functional groups attached to an aromatic ring is 1. The number of pyridine rings is 2. The summed E-state index contributed by atoms with van der Waals surface area (Å²) >= 11 is 0. The monoisotopic (exact) mass is 745 g/mol. The predicted molar refractivity (Wildman–Crippen MR) is 221 cm³/mol. The summed E-state index contributed by atoms with van der Waals surface area (Å²) < 4.78 is 0. The molecule has 0 saturated heterocycles. The van der Waals surface area contributed by atoms with Crippen LogP contribution in [0.25, 0.3) is 24.3 Å². The van der Waals surface area contributed by atoms with Gasteiger partial charge in [0, 0.05) is 11.8 Å². The molecule has 55 heavy (non-hydrogen) atoms.